The number of methoxy groups -OCH3 is 2. The number of carbonyl (C=O) groups is 1. The molecule has 1 heterocycles. The molecule has 0 radical (unpaired) electrons. The number of hydrogen-bond acceptors (Lipinski definition) is 4. The number of nitrogens with two attached hydrogens (primary N) is 1. The zero-order valence-corrected chi connectivity index (χ0v) is 11.6. The van der Waals surface area contributed by atoms with E-state index in [2.05, 4.69) is 0 Å². The monoisotopic (exact) mass is 264 g/mol. The molecule has 0 aromatic heterocycles. The van der Waals surface area contributed by atoms with E-state index < -0.39 is 6.04 Å². The van der Waals surface area contributed by atoms with E-state index in [0.717, 1.165) is 17.7 Å². The topological polar surface area (TPSA) is 64.8 Å². The molecule has 0 saturated carbocycles. The molecule has 1 atom stereocenters. The molecule has 1 aliphatic heterocycles. The molecule has 104 valence electrons. The van der Waals surface area contributed by atoms with Crippen LogP contribution in [0.4, 0.5) is 0 Å². The van der Waals surface area contributed by atoms with Crippen molar-refractivity contribution in [2.45, 2.75) is 25.9 Å². The molecule has 2 rings (SSSR count). The minimum absolute atomic E-state index is 0.0135. The molecule has 1 aliphatic rings. The lowest BCUT2D eigenvalue weighted by Gasteiger charge is -2.30. The van der Waals surface area contributed by atoms with Crippen LogP contribution < -0.4 is 15.2 Å². The molecule has 0 bridgehead atoms. The highest BCUT2D eigenvalue weighted by atomic mass is 16.5. The van der Waals surface area contributed by atoms with Crippen molar-refractivity contribution in [1.29, 1.82) is 0 Å². The highest BCUT2D eigenvalue weighted by molar-refractivity contribution is 5.81. The average molecular weight is 264 g/mol. The minimum Gasteiger partial charge on any atom is -0.493 e. The molecule has 0 aliphatic carbocycles. The smallest absolute Gasteiger partial charge is 0.239 e. The van der Waals surface area contributed by atoms with Crippen molar-refractivity contribution < 1.29 is 14.3 Å². The van der Waals surface area contributed by atoms with Crippen LogP contribution >= 0.6 is 0 Å². The molecule has 0 saturated heterocycles. The van der Waals surface area contributed by atoms with Gasteiger partial charge in [0.05, 0.1) is 20.3 Å². The Morgan fingerprint density at radius 3 is 2.37 bits per heavy atom. The van der Waals surface area contributed by atoms with Gasteiger partial charge in [-0.1, -0.05) is 0 Å². The third kappa shape index (κ3) is 2.66. The Kier molecular flexibility index (Phi) is 3.95. The van der Waals surface area contributed by atoms with Gasteiger partial charge in [-0.15, -0.1) is 0 Å². The number of fused-ring (bicyclic) bond motifs is 1. The second-order valence-electron chi connectivity index (χ2n) is 4.77. The second kappa shape index (κ2) is 5.48. The van der Waals surface area contributed by atoms with Crippen LogP contribution in [0.15, 0.2) is 12.1 Å². The van der Waals surface area contributed by atoms with Gasteiger partial charge in [-0.3, -0.25) is 4.79 Å². The molecule has 5 nitrogen and oxygen atoms in total. The number of carbonyl (C=O) groups excluding carboxylic acids is 1. The Bertz CT molecular complexity index is 486. The third-order valence-electron chi connectivity index (χ3n) is 3.42. The lowest BCUT2D eigenvalue weighted by Crippen LogP contribution is -2.44. The summed E-state index contributed by atoms with van der Waals surface area (Å²) < 4.78 is 10.6. The minimum atomic E-state index is -0.457. The quantitative estimate of drug-likeness (QED) is 0.882. The van der Waals surface area contributed by atoms with Crippen LogP contribution in [0.3, 0.4) is 0 Å². The van der Waals surface area contributed by atoms with Gasteiger partial charge < -0.3 is 20.1 Å². The van der Waals surface area contributed by atoms with Crippen LogP contribution in [-0.2, 0) is 17.8 Å². The van der Waals surface area contributed by atoms with Crippen molar-refractivity contribution in [3.8, 4) is 11.5 Å². The van der Waals surface area contributed by atoms with Crippen molar-refractivity contribution in [2.75, 3.05) is 20.8 Å². The number of rotatable bonds is 3. The molecule has 2 N–H and O–H groups in total. The van der Waals surface area contributed by atoms with Gasteiger partial charge >= 0.3 is 0 Å². The summed E-state index contributed by atoms with van der Waals surface area (Å²) in [6, 6.07) is 3.47. The summed E-state index contributed by atoms with van der Waals surface area (Å²) in [5.41, 5.74) is 7.95. The fourth-order valence-electron chi connectivity index (χ4n) is 2.36. The summed E-state index contributed by atoms with van der Waals surface area (Å²) in [4.78, 5) is 13.7. The first-order chi connectivity index (χ1) is 9.06. The largest absolute Gasteiger partial charge is 0.493 e. The standard InChI is InChI=1S/C14H20N2O3/c1-9(15)14(17)16-5-4-10-6-12(18-2)13(19-3)7-11(10)8-16/h6-7,9H,4-5,8,15H2,1-3H3. The predicted molar refractivity (Wildman–Crippen MR) is 72.3 cm³/mol. The molecule has 1 amide bonds. The molecule has 5 heteroatoms. The highest BCUT2D eigenvalue weighted by Gasteiger charge is 2.24. The Labute approximate surface area is 113 Å². The van der Waals surface area contributed by atoms with Crippen molar-refractivity contribution in [1.82, 2.24) is 4.90 Å². The lowest BCUT2D eigenvalue weighted by molar-refractivity contribution is -0.133. The summed E-state index contributed by atoms with van der Waals surface area (Å²) in [7, 11) is 3.23. The second-order valence-corrected chi connectivity index (χ2v) is 4.77. The van der Waals surface area contributed by atoms with Crippen LogP contribution in [-0.4, -0.2) is 37.6 Å². The highest BCUT2D eigenvalue weighted by Crippen LogP contribution is 2.33. The summed E-state index contributed by atoms with van der Waals surface area (Å²) in [6.07, 6.45) is 0.814. The number of amides is 1. The first kappa shape index (κ1) is 13.7. The maximum atomic E-state index is 11.9. The summed E-state index contributed by atoms with van der Waals surface area (Å²) in [6.45, 7) is 2.99. The van der Waals surface area contributed by atoms with Gasteiger partial charge in [-0.25, -0.2) is 0 Å². The van der Waals surface area contributed by atoms with Crippen LogP contribution in [0.25, 0.3) is 0 Å². The summed E-state index contributed by atoms with van der Waals surface area (Å²) in [5, 5.41) is 0. The van der Waals surface area contributed by atoms with Crippen molar-refractivity contribution >= 4 is 5.91 Å². The predicted octanol–water partition coefficient (Wildman–Crippen LogP) is 0.936. The van der Waals surface area contributed by atoms with E-state index in [1.807, 2.05) is 12.1 Å². The Balaban J connectivity index is 2.27. The number of benzene rings is 1. The SMILES string of the molecule is COc1cc2c(cc1OC)CN(C(=O)C(C)N)CC2. The molecule has 0 fully saturated rings. The van der Waals surface area contributed by atoms with Gasteiger partial charge in [0, 0.05) is 13.1 Å². The van der Waals surface area contributed by atoms with Crippen molar-refractivity contribution in [2.24, 2.45) is 5.73 Å². The zero-order chi connectivity index (χ0) is 14.0. The summed E-state index contributed by atoms with van der Waals surface area (Å²) >= 11 is 0. The maximum Gasteiger partial charge on any atom is 0.239 e. The van der Waals surface area contributed by atoms with E-state index in [0.29, 0.717) is 18.8 Å². The molecule has 1 aromatic carbocycles. The fraction of sp³-hybridized carbons (Fsp3) is 0.500. The van der Waals surface area contributed by atoms with Crippen LogP contribution in [0.1, 0.15) is 18.1 Å². The van der Waals surface area contributed by atoms with E-state index in [-0.39, 0.29) is 5.91 Å². The van der Waals surface area contributed by atoms with Gasteiger partial charge in [0.2, 0.25) is 5.91 Å². The average Bonchev–Trinajstić information content (AvgIpc) is 2.44. The van der Waals surface area contributed by atoms with Crippen molar-refractivity contribution in [3.63, 3.8) is 0 Å². The maximum absolute atomic E-state index is 11.9. The van der Waals surface area contributed by atoms with E-state index >= 15 is 0 Å². The Morgan fingerprint density at radius 2 is 1.84 bits per heavy atom. The number of ether oxygens (including phenoxy) is 2. The Hall–Kier alpha value is -1.75. The van der Waals surface area contributed by atoms with Gasteiger partial charge in [0.15, 0.2) is 11.5 Å². The molecule has 19 heavy (non-hydrogen) atoms. The van der Waals surface area contributed by atoms with Gasteiger partial charge in [-0.2, -0.15) is 0 Å². The van der Waals surface area contributed by atoms with Gasteiger partial charge in [0.1, 0.15) is 0 Å². The third-order valence-corrected chi connectivity index (χ3v) is 3.42. The normalized spacial score (nSPS) is 15.7. The van der Waals surface area contributed by atoms with E-state index in [1.165, 1.54) is 5.56 Å². The van der Waals surface area contributed by atoms with E-state index in [1.54, 1.807) is 26.0 Å². The first-order valence-electron chi connectivity index (χ1n) is 6.35. The van der Waals surface area contributed by atoms with Crippen LogP contribution in [0, 0.1) is 0 Å². The van der Waals surface area contributed by atoms with E-state index in [9.17, 15) is 4.79 Å². The molecular formula is C14H20N2O3. The van der Waals surface area contributed by atoms with Gasteiger partial charge in [0.25, 0.3) is 0 Å². The number of nitrogens with zero attached hydrogens (tertiary/aromatic N) is 1. The molecule has 1 unspecified atom stereocenters. The van der Waals surface area contributed by atoms with Crippen LogP contribution in [0.2, 0.25) is 0 Å². The first-order valence-corrected chi connectivity index (χ1v) is 6.35. The van der Waals surface area contributed by atoms with Gasteiger partial charge in [-0.05, 0) is 36.6 Å². The lowest BCUT2D eigenvalue weighted by atomic mass is 9.98. The fourth-order valence-corrected chi connectivity index (χ4v) is 2.36. The molecule has 1 aromatic rings. The zero-order valence-electron chi connectivity index (χ0n) is 11.6. The number of hydrogen-bond donors (Lipinski definition) is 1. The van der Waals surface area contributed by atoms with Crippen molar-refractivity contribution in [3.05, 3.63) is 23.3 Å². The molecular weight excluding hydrogens is 244 g/mol. The molecule has 0 spiro atoms. The van der Waals surface area contributed by atoms with Crippen LogP contribution in [0.5, 0.6) is 11.5 Å². The summed E-state index contributed by atoms with van der Waals surface area (Å²) in [5.74, 6) is 1.41. The Morgan fingerprint density at radius 1 is 1.26 bits per heavy atom. The van der Waals surface area contributed by atoms with E-state index in [4.69, 9.17) is 15.2 Å².